The molecule has 4 rings (SSSR count). The van der Waals surface area contributed by atoms with Crippen LogP contribution in [0.5, 0.6) is 0 Å². The predicted octanol–water partition coefficient (Wildman–Crippen LogP) is 5.64. The summed E-state index contributed by atoms with van der Waals surface area (Å²) < 4.78 is 0. The van der Waals surface area contributed by atoms with Gasteiger partial charge < -0.3 is 10.2 Å². The lowest BCUT2D eigenvalue weighted by molar-refractivity contribution is 0.219. The quantitative estimate of drug-likeness (QED) is 0.631. The lowest BCUT2D eigenvalue weighted by atomic mass is 9.77. The van der Waals surface area contributed by atoms with Gasteiger partial charge in [0.15, 0.2) is 0 Å². The molecule has 0 unspecified atom stereocenters. The van der Waals surface area contributed by atoms with E-state index in [2.05, 4.69) is 48.4 Å². The van der Waals surface area contributed by atoms with E-state index in [0.29, 0.717) is 0 Å². The smallest absolute Gasteiger partial charge is 0.321 e. The van der Waals surface area contributed by atoms with Crippen LogP contribution in [0.25, 0.3) is 11.3 Å². The fourth-order valence-electron chi connectivity index (χ4n) is 4.27. The molecule has 1 fully saturated rings. The van der Waals surface area contributed by atoms with Crippen molar-refractivity contribution in [2.24, 2.45) is 0 Å². The Morgan fingerprint density at radius 3 is 2.62 bits per heavy atom. The maximum Gasteiger partial charge on any atom is 0.321 e. The lowest BCUT2D eigenvalue weighted by Crippen LogP contribution is -2.36. The molecule has 29 heavy (non-hydrogen) atoms. The van der Waals surface area contributed by atoms with Crippen LogP contribution in [0.15, 0.2) is 72.9 Å². The summed E-state index contributed by atoms with van der Waals surface area (Å²) in [6.07, 6.45) is 3.81. The van der Waals surface area contributed by atoms with Crippen molar-refractivity contribution in [3.8, 4) is 11.3 Å². The summed E-state index contributed by atoms with van der Waals surface area (Å²) in [5, 5.41) is 3.09. The summed E-state index contributed by atoms with van der Waals surface area (Å²) in [5.74, 6) is 0. The number of carbonyl (C=O) groups excluding carboxylic acids is 1. The van der Waals surface area contributed by atoms with E-state index in [4.69, 9.17) is 0 Å². The Kier molecular flexibility index (Phi) is 5.34. The minimum absolute atomic E-state index is 0.0351. The Morgan fingerprint density at radius 1 is 1.10 bits per heavy atom. The minimum Gasteiger partial charge on any atom is -0.324 e. The third kappa shape index (κ3) is 3.88. The largest absolute Gasteiger partial charge is 0.324 e. The van der Waals surface area contributed by atoms with Gasteiger partial charge in [0.25, 0.3) is 0 Å². The second-order valence-electron chi connectivity index (χ2n) is 7.85. The number of aryl methyl sites for hydroxylation is 1. The van der Waals surface area contributed by atoms with Crippen molar-refractivity contribution in [1.82, 2.24) is 9.88 Å². The maximum absolute atomic E-state index is 13.0. The molecule has 0 bridgehead atoms. The summed E-state index contributed by atoms with van der Waals surface area (Å²) in [6.45, 7) is 5.80. The summed E-state index contributed by atoms with van der Waals surface area (Å²) in [4.78, 5) is 19.4. The molecule has 2 aromatic carbocycles. The number of urea groups is 1. The van der Waals surface area contributed by atoms with Gasteiger partial charge in [0.1, 0.15) is 0 Å². The first-order chi connectivity index (χ1) is 14.1. The van der Waals surface area contributed by atoms with Crippen molar-refractivity contribution >= 4 is 11.7 Å². The van der Waals surface area contributed by atoms with Gasteiger partial charge in [0.2, 0.25) is 0 Å². The third-order valence-electron chi connectivity index (χ3n) is 6.13. The second kappa shape index (κ2) is 8.08. The van der Waals surface area contributed by atoms with Gasteiger partial charge in [-0.15, -0.1) is 0 Å². The first-order valence-corrected chi connectivity index (χ1v) is 10.2. The molecule has 1 aromatic heterocycles. The van der Waals surface area contributed by atoms with Crippen molar-refractivity contribution in [2.75, 3.05) is 18.4 Å². The van der Waals surface area contributed by atoms with E-state index < -0.39 is 0 Å². The van der Waals surface area contributed by atoms with Crippen molar-refractivity contribution in [3.63, 3.8) is 0 Å². The van der Waals surface area contributed by atoms with Crippen LogP contribution in [0.1, 0.15) is 30.9 Å². The molecule has 148 valence electrons. The van der Waals surface area contributed by atoms with Crippen LogP contribution >= 0.6 is 0 Å². The summed E-state index contributed by atoms with van der Waals surface area (Å²) in [7, 11) is 0. The molecule has 2 heterocycles. The summed E-state index contributed by atoms with van der Waals surface area (Å²) in [6, 6.07) is 22.4. The van der Waals surface area contributed by atoms with E-state index in [0.717, 1.165) is 48.4 Å². The Morgan fingerprint density at radius 2 is 1.90 bits per heavy atom. The first kappa shape index (κ1) is 19.2. The number of pyridine rings is 1. The number of nitrogens with one attached hydrogen (secondary N) is 1. The molecular weight excluding hydrogens is 358 g/mol. The highest BCUT2D eigenvalue weighted by molar-refractivity contribution is 5.90. The number of nitrogens with zero attached hydrogens (tertiary/aromatic N) is 2. The van der Waals surface area contributed by atoms with E-state index >= 15 is 0 Å². The van der Waals surface area contributed by atoms with E-state index in [-0.39, 0.29) is 11.4 Å². The van der Waals surface area contributed by atoms with Gasteiger partial charge in [-0.25, -0.2) is 4.79 Å². The summed E-state index contributed by atoms with van der Waals surface area (Å²) >= 11 is 0. The Balaban J connectivity index is 1.51. The van der Waals surface area contributed by atoms with Gasteiger partial charge in [-0.1, -0.05) is 49.4 Å². The van der Waals surface area contributed by atoms with Gasteiger partial charge in [-0.2, -0.15) is 0 Å². The highest BCUT2D eigenvalue weighted by Crippen LogP contribution is 2.37. The Hall–Kier alpha value is -3.14. The van der Waals surface area contributed by atoms with Crippen molar-refractivity contribution in [1.29, 1.82) is 0 Å². The zero-order valence-electron chi connectivity index (χ0n) is 17.1. The van der Waals surface area contributed by atoms with Crippen LogP contribution in [-0.2, 0) is 5.41 Å². The van der Waals surface area contributed by atoms with E-state index in [1.807, 2.05) is 47.4 Å². The number of likely N-dealkylation sites (tertiary alicyclic amines) is 1. The van der Waals surface area contributed by atoms with Crippen LogP contribution in [-0.4, -0.2) is 29.0 Å². The Labute approximate surface area is 172 Å². The molecule has 1 saturated heterocycles. The topological polar surface area (TPSA) is 45.2 Å². The highest BCUT2D eigenvalue weighted by atomic mass is 16.2. The average molecular weight is 386 g/mol. The molecule has 3 aromatic rings. The molecule has 0 spiro atoms. The number of benzene rings is 2. The molecule has 2 amide bonds. The molecule has 4 nitrogen and oxygen atoms in total. The van der Waals surface area contributed by atoms with Gasteiger partial charge in [-0.3, -0.25) is 4.98 Å². The molecule has 1 atom stereocenters. The third-order valence-corrected chi connectivity index (χ3v) is 6.13. The van der Waals surface area contributed by atoms with Gasteiger partial charge in [0, 0.05) is 36.0 Å². The van der Waals surface area contributed by atoms with Gasteiger partial charge in [0.05, 0.1) is 5.69 Å². The predicted molar refractivity (Wildman–Crippen MR) is 118 cm³/mol. The fourth-order valence-corrected chi connectivity index (χ4v) is 4.27. The van der Waals surface area contributed by atoms with Crippen LogP contribution in [0, 0.1) is 6.92 Å². The fraction of sp³-hybridized carbons (Fsp3) is 0.280. The number of anilines is 1. The van der Waals surface area contributed by atoms with Gasteiger partial charge in [-0.05, 0) is 55.2 Å². The zero-order valence-corrected chi connectivity index (χ0v) is 17.1. The molecule has 0 saturated carbocycles. The van der Waals surface area contributed by atoms with Crippen LogP contribution in [0.2, 0.25) is 0 Å². The van der Waals surface area contributed by atoms with Crippen molar-refractivity contribution in [3.05, 3.63) is 84.1 Å². The van der Waals surface area contributed by atoms with Crippen molar-refractivity contribution < 1.29 is 4.79 Å². The molecular formula is C25H27N3O. The summed E-state index contributed by atoms with van der Waals surface area (Å²) in [5.41, 5.74) is 5.26. The Bertz CT molecular complexity index is 987. The average Bonchev–Trinajstić information content (AvgIpc) is 3.22. The number of rotatable bonds is 4. The van der Waals surface area contributed by atoms with E-state index in [1.54, 1.807) is 6.20 Å². The molecule has 1 aliphatic rings. The van der Waals surface area contributed by atoms with Crippen molar-refractivity contribution in [2.45, 2.75) is 32.1 Å². The maximum atomic E-state index is 13.0. The van der Waals surface area contributed by atoms with Crippen LogP contribution in [0.3, 0.4) is 0 Å². The number of amides is 2. The lowest BCUT2D eigenvalue weighted by Gasteiger charge is -2.28. The molecule has 0 radical (unpaired) electrons. The number of carbonyl (C=O) groups is 1. The highest BCUT2D eigenvalue weighted by Gasteiger charge is 2.39. The molecule has 0 aliphatic carbocycles. The monoisotopic (exact) mass is 385 g/mol. The molecule has 1 N–H and O–H groups in total. The SMILES string of the molecule is CC[C@@]1(c2ccccc2)CCN(C(=O)Nc2ccc(C)c(-c3ccccn3)c2)C1. The van der Waals surface area contributed by atoms with E-state index in [9.17, 15) is 4.79 Å². The minimum atomic E-state index is -0.0351. The van der Waals surface area contributed by atoms with E-state index in [1.165, 1.54) is 5.56 Å². The molecule has 1 aliphatic heterocycles. The van der Waals surface area contributed by atoms with Crippen LogP contribution in [0.4, 0.5) is 10.5 Å². The standard InChI is InChI=1S/C25H27N3O/c1-3-25(20-9-5-4-6-10-20)14-16-28(18-25)24(29)27-21-13-12-19(2)22(17-21)23-11-7-8-15-26-23/h4-13,15,17H,3,14,16,18H2,1-2H3,(H,27,29)/t25-/m1/s1. The van der Waals surface area contributed by atoms with Gasteiger partial charge >= 0.3 is 6.03 Å². The number of hydrogen-bond acceptors (Lipinski definition) is 2. The number of aromatic nitrogens is 1. The normalized spacial score (nSPS) is 18.6. The number of hydrogen-bond donors (Lipinski definition) is 1. The van der Waals surface area contributed by atoms with Crippen LogP contribution < -0.4 is 5.32 Å². The first-order valence-electron chi connectivity index (χ1n) is 10.2. The zero-order chi connectivity index (χ0) is 20.3. The second-order valence-corrected chi connectivity index (χ2v) is 7.85. The molecule has 4 heteroatoms.